The standard InChI is InChI=1S/C21H23N7/c1-15-13-18(26-25-15)22-21-24-20(23-19-10-6-12-28(19)21)27-11-5-9-17(14-27)16-7-3-2-4-8-16/h2-4,6-8,10,12-13,17H,5,9,11,14H2,1H3,(H2,22,23,24,25,26). The van der Waals surface area contributed by atoms with Crippen LogP contribution in [0.15, 0.2) is 54.7 Å². The van der Waals surface area contributed by atoms with Crippen molar-refractivity contribution >= 4 is 23.4 Å². The number of nitrogens with one attached hydrogen (secondary N) is 2. The number of rotatable bonds is 4. The van der Waals surface area contributed by atoms with Gasteiger partial charge in [0.25, 0.3) is 0 Å². The molecule has 5 rings (SSSR count). The monoisotopic (exact) mass is 373 g/mol. The van der Waals surface area contributed by atoms with Crippen LogP contribution in [0.4, 0.5) is 17.7 Å². The van der Waals surface area contributed by atoms with Crippen molar-refractivity contribution in [3.63, 3.8) is 0 Å². The number of aromatic amines is 1. The summed E-state index contributed by atoms with van der Waals surface area (Å²) in [6.45, 7) is 3.86. The van der Waals surface area contributed by atoms with Crippen molar-refractivity contribution in [1.29, 1.82) is 0 Å². The third-order valence-electron chi connectivity index (χ3n) is 5.30. The lowest BCUT2D eigenvalue weighted by Gasteiger charge is -2.33. The molecular formula is C21H23N7. The summed E-state index contributed by atoms with van der Waals surface area (Å²) < 4.78 is 1.96. The molecule has 0 amide bonds. The molecule has 1 aromatic carbocycles. The number of hydrogen-bond donors (Lipinski definition) is 2. The number of hydrogen-bond acceptors (Lipinski definition) is 5. The molecule has 0 saturated carbocycles. The van der Waals surface area contributed by atoms with Gasteiger partial charge < -0.3 is 10.2 Å². The maximum Gasteiger partial charge on any atom is 0.230 e. The summed E-state index contributed by atoms with van der Waals surface area (Å²) in [6, 6.07) is 16.7. The number of piperidine rings is 1. The van der Waals surface area contributed by atoms with Gasteiger partial charge in [-0.05, 0) is 37.5 Å². The fourth-order valence-corrected chi connectivity index (χ4v) is 3.91. The van der Waals surface area contributed by atoms with Crippen LogP contribution in [0, 0.1) is 6.92 Å². The molecule has 1 fully saturated rings. The van der Waals surface area contributed by atoms with E-state index in [1.54, 1.807) is 0 Å². The molecule has 142 valence electrons. The lowest BCUT2D eigenvalue weighted by atomic mass is 9.91. The molecule has 0 spiro atoms. The van der Waals surface area contributed by atoms with E-state index in [2.05, 4.69) is 50.7 Å². The second-order valence-electron chi connectivity index (χ2n) is 7.33. The van der Waals surface area contributed by atoms with Gasteiger partial charge in [-0.25, -0.2) is 0 Å². The van der Waals surface area contributed by atoms with Crippen LogP contribution in [0.1, 0.15) is 30.0 Å². The van der Waals surface area contributed by atoms with E-state index in [1.165, 1.54) is 12.0 Å². The predicted octanol–water partition coefficient (Wildman–Crippen LogP) is 3.89. The van der Waals surface area contributed by atoms with Gasteiger partial charge in [0.05, 0.1) is 5.69 Å². The minimum atomic E-state index is 0.508. The Morgan fingerprint density at radius 2 is 2.00 bits per heavy atom. The summed E-state index contributed by atoms with van der Waals surface area (Å²) in [5, 5.41) is 10.5. The maximum atomic E-state index is 4.85. The maximum absolute atomic E-state index is 4.85. The summed E-state index contributed by atoms with van der Waals surface area (Å²) >= 11 is 0. The highest BCUT2D eigenvalue weighted by molar-refractivity contribution is 5.57. The summed E-state index contributed by atoms with van der Waals surface area (Å²) in [7, 11) is 0. The van der Waals surface area contributed by atoms with Crippen LogP contribution in [0.3, 0.4) is 0 Å². The fraction of sp³-hybridized carbons (Fsp3) is 0.286. The van der Waals surface area contributed by atoms with E-state index in [1.807, 2.05) is 35.7 Å². The first kappa shape index (κ1) is 16.8. The summed E-state index contributed by atoms with van der Waals surface area (Å²) in [5.41, 5.74) is 3.20. The van der Waals surface area contributed by atoms with Crippen molar-refractivity contribution in [3.05, 3.63) is 66.0 Å². The first-order valence-corrected chi connectivity index (χ1v) is 9.70. The summed E-state index contributed by atoms with van der Waals surface area (Å²) in [5.74, 6) is 2.83. The summed E-state index contributed by atoms with van der Waals surface area (Å²) in [4.78, 5) is 12.0. The van der Waals surface area contributed by atoms with Gasteiger partial charge in [-0.2, -0.15) is 15.1 Å². The molecule has 7 nitrogen and oxygen atoms in total. The zero-order valence-electron chi connectivity index (χ0n) is 15.8. The molecule has 4 aromatic rings. The number of nitrogens with zero attached hydrogens (tertiary/aromatic N) is 5. The molecule has 2 N–H and O–H groups in total. The first-order valence-electron chi connectivity index (χ1n) is 9.70. The van der Waals surface area contributed by atoms with Gasteiger partial charge in [-0.1, -0.05) is 30.3 Å². The number of fused-ring (bicyclic) bond motifs is 1. The molecule has 28 heavy (non-hydrogen) atoms. The Kier molecular flexibility index (Phi) is 4.20. The quantitative estimate of drug-likeness (QED) is 0.568. The van der Waals surface area contributed by atoms with Gasteiger partial charge >= 0.3 is 0 Å². The van der Waals surface area contributed by atoms with E-state index < -0.39 is 0 Å². The van der Waals surface area contributed by atoms with E-state index in [0.717, 1.165) is 48.6 Å². The van der Waals surface area contributed by atoms with Crippen LogP contribution < -0.4 is 10.2 Å². The average Bonchev–Trinajstić information content (AvgIpc) is 3.37. The van der Waals surface area contributed by atoms with E-state index in [9.17, 15) is 0 Å². The lowest BCUT2D eigenvalue weighted by Crippen LogP contribution is -2.35. The molecule has 1 atom stereocenters. The highest BCUT2D eigenvalue weighted by atomic mass is 15.3. The van der Waals surface area contributed by atoms with Crippen LogP contribution in [0.25, 0.3) is 5.65 Å². The number of H-pyrrole nitrogens is 1. The normalized spacial score (nSPS) is 17.2. The van der Waals surface area contributed by atoms with Crippen molar-refractivity contribution < 1.29 is 0 Å². The highest BCUT2D eigenvalue weighted by Crippen LogP contribution is 2.29. The lowest BCUT2D eigenvalue weighted by molar-refractivity contribution is 0.503. The van der Waals surface area contributed by atoms with Crippen molar-refractivity contribution in [2.45, 2.75) is 25.7 Å². The Labute approximate surface area is 163 Å². The fourth-order valence-electron chi connectivity index (χ4n) is 3.91. The third kappa shape index (κ3) is 3.19. The van der Waals surface area contributed by atoms with Gasteiger partial charge in [0.15, 0.2) is 0 Å². The van der Waals surface area contributed by atoms with Crippen LogP contribution in [-0.4, -0.2) is 37.7 Å². The largest absolute Gasteiger partial charge is 0.340 e. The first-order chi connectivity index (χ1) is 13.8. The zero-order chi connectivity index (χ0) is 18.9. The molecule has 1 unspecified atom stereocenters. The molecule has 1 saturated heterocycles. The molecule has 4 heterocycles. The smallest absolute Gasteiger partial charge is 0.230 e. The molecule has 1 aliphatic heterocycles. The molecule has 0 bridgehead atoms. The molecule has 0 aliphatic carbocycles. The van der Waals surface area contributed by atoms with Crippen molar-refractivity contribution in [3.8, 4) is 0 Å². The Balaban J connectivity index is 1.46. The second-order valence-corrected chi connectivity index (χ2v) is 7.33. The SMILES string of the molecule is Cc1cc(Nc2nc(N3CCCC(c4ccccc4)C3)nc3cccn23)[nH]n1. The van der Waals surface area contributed by atoms with E-state index in [0.29, 0.717) is 5.92 Å². The molecular weight excluding hydrogens is 350 g/mol. The van der Waals surface area contributed by atoms with Crippen LogP contribution in [0.2, 0.25) is 0 Å². The minimum absolute atomic E-state index is 0.508. The van der Waals surface area contributed by atoms with Gasteiger partial charge in [0.2, 0.25) is 11.9 Å². The average molecular weight is 373 g/mol. The number of aromatic nitrogens is 5. The minimum Gasteiger partial charge on any atom is -0.340 e. The van der Waals surface area contributed by atoms with E-state index in [-0.39, 0.29) is 0 Å². The van der Waals surface area contributed by atoms with Crippen LogP contribution in [-0.2, 0) is 0 Å². The van der Waals surface area contributed by atoms with Crippen molar-refractivity contribution in [2.24, 2.45) is 0 Å². The highest BCUT2D eigenvalue weighted by Gasteiger charge is 2.24. The molecule has 0 radical (unpaired) electrons. The van der Waals surface area contributed by atoms with Gasteiger partial charge in [0.1, 0.15) is 11.5 Å². The van der Waals surface area contributed by atoms with E-state index >= 15 is 0 Å². The second kappa shape index (κ2) is 6.99. The van der Waals surface area contributed by atoms with E-state index in [4.69, 9.17) is 9.97 Å². The molecule has 1 aliphatic rings. The van der Waals surface area contributed by atoms with Crippen LogP contribution >= 0.6 is 0 Å². The van der Waals surface area contributed by atoms with Crippen molar-refractivity contribution in [1.82, 2.24) is 24.6 Å². The Bertz CT molecular complexity index is 1080. The van der Waals surface area contributed by atoms with Crippen LogP contribution in [0.5, 0.6) is 0 Å². The number of aryl methyl sites for hydroxylation is 1. The molecule has 3 aromatic heterocycles. The number of anilines is 3. The van der Waals surface area contributed by atoms with Gasteiger partial charge in [-0.15, -0.1) is 0 Å². The summed E-state index contributed by atoms with van der Waals surface area (Å²) in [6.07, 6.45) is 4.30. The molecule has 7 heteroatoms. The number of benzene rings is 1. The predicted molar refractivity (Wildman–Crippen MR) is 110 cm³/mol. The Morgan fingerprint density at radius 3 is 2.82 bits per heavy atom. The van der Waals surface area contributed by atoms with Gasteiger partial charge in [-0.3, -0.25) is 9.50 Å². The zero-order valence-corrected chi connectivity index (χ0v) is 15.8. The van der Waals surface area contributed by atoms with Crippen molar-refractivity contribution in [2.75, 3.05) is 23.3 Å². The Hall–Kier alpha value is -3.35. The topological polar surface area (TPSA) is 74.1 Å². The Morgan fingerprint density at radius 1 is 1.11 bits per heavy atom. The van der Waals surface area contributed by atoms with Gasteiger partial charge in [0, 0.05) is 31.3 Å². The third-order valence-corrected chi connectivity index (χ3v) is 5.30.